The van der Waals surface area contributed by atoms with Crippen molar-refractivity contribution in [2.45, 2.75) is 38.1 Å². The number of hydrogen-bond acceptors (Lipinski definition) is 2. The molecule has 1 aromatic carbocycles. The van der Waals surface area contributed by atoms with Crippen molar-refractivity contribution in [1.82, 2.24) is 5.32 Å². The van der Waals surface area contributed by atoms with Gasteiger partial charge in [-0.25, -0.2) is 0 Å². The molecule has 1 saturated carbocycles. The quantitative estimate of drug-likeness (QED) is 0.888. The van der Waals surface area contributed by atoms with Gasteiger partial charge in [-0.3, -0.25) is 9.59 Å². The van der Waals surface area contributed by atoms with Crippen LogP contribution < -0.4 is 5.32 Å². The van der Waals surface area contributed by atoms with E-state index in [0.29, 0.717) is 12.8 Å². The summed E-state index contributed by atoms with van der Waals surface area (Å²) in [5, 5.41) is 12.2. The Balaban J connectivity index is 1.70. The highest BCUT2D eigenvalue weighted by Crippen LogP contribution is 2.35. The van der Waals surface area contributed by atoms with Crippen molar-refractivity contribution in [3.05, 3.63) is 35.4 Å². The first-order valence-electron chi connectivity index (χ1n) is 7.28. The summed E-state index contributed by atoms with van der Waals surface area (Å²) in [6, 6.07) is 8.20. The SMILES string of the molecule is O=C(O)C1CCCC1C(=O)NC1CCc2ccccc21. The average molecular weight is 273 g/mol. The summed E-state index contributed by atoms with van der Waals surface area (Å²) < 4.78 is 0. The standard InChI is InChI=1S/C16H19NO3/c18-15(12-6-3-7-13(12)16(19)20)17-14-9-8-10-4-1-2-5-11(10)14/h1-2,4-5,12-14H,3,6-9H2,(H,17,18)(H,19,20). The predicted molar refractivity (Wildman–Crippen MR) is 74.1 cm³/mol. The van der Waals surface area contributed by atoms with Crippen LogP contribution in [0.2, 0.25) is 0 Å². The number of carbonyl (C=O) groups excluding carboxylic acids is 1. The molecule has 106 valence electrons. The number of aliphatic carboxylic acids is 1. The number of hydrogen-bond donors (Lipinski definition) is 2. The van der Waals surface area contributed by atoms with Crippen molar-refractivity contribution < 1.29 is 14.7 Å². The Morgan fingerprint density at radius 2 is 1.85 bits per heavy atom. The van der Waals surface area contributed by atoms with Crippen LogP contribution in [0.5, 0.6) is 0 Å². The molecule has 3 unspecified atom stereocenters. The third kappa shape index (κ3) is 2.30. The number of nitrogens with one attached hydrogen (secondary N) is 1. The Bertz CT molecular complexity index is 540. The average Bonchev–Trinajstić information content (AvgIpc) is 3.06. The van der Waals surface area contributed by atoms with Crippen LogP contribution in [0.4, 0.5) is 0 Å². The molecule has 0 saturated heterocycles. The highest BCUT2D eigenvalue weighted by atomic mass is 16.4. The molecule has 3 atom stereocenters. The molecule has 1 aromatic rings. The zero-order valence-electron chi connectivity index (χ0n) is 11.3. The number of carboxylic acids is 1. The molecule has 2 aliphatic carbocycles. The van der Waals surface area contributed by atoms with Gasteiger partial charge < -0.3 is 10.4 Å². The molecule has 0 aliphatic heterocycles. The van der Waals surface area contributed by atoms with E-state index in [1.807, 2.05) is 12.1 Å². The maximum Gasteiger partial charge on any atom is 0.307 e. The molecular weight excluding hydrogens is 254 g/mol. The Kier molecular flexibility index (Phi) is 3.47. The van der Waals surface area contributed by atoms with Gasteiger partial charge in [0.15, 0.2) is 0 Å². The van der Waals surface area contributed by atoms with Crippen molar-refractivity contribution in [2.24, 2.45) is 11.8 Å². The van der Waals surface area contributed by atoms with Crippen LogP contribution in [0.3, 0.4) is 0 Å². The number of rotatable bonds is 3. The van der Waals surface area contributed by atoms with Crippen LogP contribution in [0, 0.1) is 11.8 Å². The van der Waals surface area contributed by atoms with Gasteiger partial charge in [0.2, 0.25) is 5.91 Å². The van der Waals surface area contributed by atoms with Gasteiger partial charge in [-0.1, -0.05) is 30.7 Å². The topological polar surface area (TPSA) is 66.4 Å². The Hall–Kier alpha value is -1.84. The van der Waals surface area contributed by atoms with Gasteiger partial charge in [-0.2, -0.15) is 0 Å². The first kappa shape index (κ1) is 13.2. The van der Waals surface area contributed by atoms with Gasteiger partial charge in [-0.05, 0) is 36.8 Å². The Morgan fingerprint density at radius 3 is 2.65 bits per heavy atom. The second-order valence-electron chi connectivity index (χ2n) is 5.78. The van der Waals surface area contributed by atoms with E-state index in [9.17, 15) is 14.7 Å². The van der Waals surface area contributed by atoms with Crippen molar-refractivity contribution in [3.63, 3.8) is 0 Å². The maximum absolute atomic E-state index is 12.4. The van der Waals surface area contributed by atoms with Crippen LogP contribution >= 0.6 is 0 Å². The monoisotopic (exact) mass is 273 g/mol. The van der Waals surface area contributed by atoms with Crippen molar-refractivity contribution in [2.75, 3.05) is 0 Å². The molecule has 0 spiro atoms. The van der Waals surface area contributed by atoms with Crippen molar-refractivity contribution in [3.8, 4) is 0 Å². The molecule has 0 heterocycles. The lowest BCUT2D eigenvalue weighted by Crippen LogP contribution is -2.36. The smallest absolute Gasteiger partial charge is 0.307 e. The van der Waals surface area contributed by atoms with E-state index in [1.54, 1.807) is 0 Å². The van der Waals surface area contributed by atoms with E-state index in [1.165, 1.54) is 11.1 Å². The third-order valence-corrected chi connectivity index (χ3v) is 4.62. The molecule has 2 aliphatic rings. The van der Waals surface area contributed by atoms with Crippen LogP contribution in [0.15, 0.2) is 24.3 Å². The van der Waals surface area contributed by atoms with Crippen LogP contribution in [0.1, 0.15) is 42.9 Å². The van der Waals surface area contributed by atoms with Gasteiger partial charge in [0.05, 0.1) is 17.9 Å². The fourth-order valence-corrected chi connectivity index (χ4v) is 3.56. The van der Waals surface area contributed by atoms with Crippen LogP contribution in [-0.2, 0) is 16.0 Å². The van der Waals surface area contributed by atoms with Gasteiger partial charge in [0, 0.05) is 0 Å². The van der Waals surface area contributed by atoms with E-state index in [2.05, 4.69) is 17.4 Å². The number of fused-ring (bicyclic) bond motifs is 1. The second-order valence-corrected chi connectivity index (χ2v) is 5.78. The summed E-state index contributed by atoms with van der Waals surface area (Å²) >= 11 is 0. The lowest BCUT2D eigenvalue weighted by atomic mass is 9.94. The highest BCUT2D eigenvalue weighted by Gasteiger charge is 2.38. The lowest BCUT2D eigenvalue weighted by Gasteiger charge is -2.20. The molecule has 0 radical (unpaired) electrons. The number of aryl methyl sites for hydroxylation is 1. The van der Waals surface area contributed by atoms with Gasteiger partial charge >= 0.3 is 5.97 Å². The predicted octanol–water partition coefficient (Wildman–Crippen LogP) is 2.29. The zero-order valence-corrected chi connectivity index (χ0v) is 11.3. The van der Waals surface area contributed by atoms with Gasteiger partial charge in [-0.15, -0.1) is 0 Å². The molecule has 0 bridgehead atoms. The molecule has 20 heavy (non-hydrogen) atoms. The van der Waals surface area contributed by atoms with E-state index in [0.717, 1.165) is 19.3 Å². The van der Waals surface area contributed by atoms with Gasteiger partial charge in [0.25, 0.3) is 0 Å². The summed E-state index contributed by atoms with van der Waals surface area (Å²) in [5.41, 5.74) is 2.48. The summed E-state index contributed by atoms with van der Waals surface area (Å²) in [4.78, 5) is 23.5. The molecule has 4 nitrogen and oxygen atoms in total. The minimum atomic E-state index is -0.838. The van der Waals surface area contributed by atoms with Crippen LogP contribution in [0.25, 0.3) is 0 Å². The zero-order chi connectivity index (χ0) is 14.1. The first-order valence-corrected chi connectivity index (χ1v) is 7.28. The number of benzene rings is 1. The molecule has 0 aromatic heterocycles. The summed E-state index contributed by atoms with van der Waals surface area (Å²) in [7, 11) is 0. The first-order chi connectivity index (χ1) is 9.66. The van der Waals surface area contributed by atoms with E-state index >= 15 is 0 Å². The molecule has 2 N–H and O–H groups in total. The minimum Gasteiger partial charge on any atom is -0.481 e. The number of amides is 1. The molecule has 1 amide bonds. The third-order valence-electron chi connectivity index (χ3n) is 4.62. The summed E-state index contributed by atoms with van der Waals surface area (Å²) in [6.07, 6.45) is 4.03. The Labute approximate surface area is 118 Å². The molecule has 4 heteroatoms. The fraction of sp³-hybridized carbons (Fsp3) is 0.500. The number of carbonyl (C=O) groups is 2. The molecule has 1 fully saturated rings. The normalized spacial score (nSPS) is 28.1. The molecular formula is C16H19NO3. The molecule has 3 rings (SSSR count). The van der Waals surface area contributed by atoms with E-state index in [-0.39, 0.29) is 17.9 Å². The van der Waals surface area contributed by atoms with Crippen molar-refractivity contribution >= 4 is 11.9 Å². The lowest BCUT2D eigenvalue weighted by molar-refractivity contribution is -0.146. The summed E-state index contributed by atoms with van der Waals surface area (Å²) in [6.45, 7) is 0. The Morgan fingerprint density at radius 1 is 1.10 bits per heavy atom. The van der Waals surface area contributed by atoms with Crippen LogP contribution in [-0.4, -0.2) is 17.0 Å². The second kappa shape index (κ2) is 5.27. The fourth-order valence-electron chi connectivity index (χ4n) is 3.56. The summed E-state index contributed by atoms with van der Waals surface area (Å²) in [5.74, 6) is -1.79. The number of carboxylic acid groups (broad SMARTS) is 1. The maximum atomic E-state index is 12.4. The highest BCUT2D eigenvalue weighted by molar-refractivity contribution is 5.85. The largest absolute Gasteiger partial charge is 0.481 e. The van der Waals surface area contributed by atoms with Crippen molar-refractivity contribution in [1.29, 1.82) is 0 Å². The minimum absolute atomic E-state index is 0.0498. The van der Waals surface area contributed by atoms with E-state index < -0.39 is 11.9 Å². The van der Waals surface area contributed by atoms with E-state index in [4.69, 9.17) is 0 Å². The van der Waals surface area contributed by atoms with Gasteiger partial charge in [0.1, 0.15) is 0 Å².